The molecule has 0 aromatic heterocycles. The molecule has 3 aliphatic rings. The summed E-state index contributed by atoms with van der Waals surface area (Å²) in [6.45, 7) is 0. The molecule has 3 aliphatic carbocycles. The highest BCUT2D eigenvalue weighted by Gasteiger charge is 2.32. The summed E-state index contributed by atoms with van der Waals surface area (Å²) in [4.78, 5) is 0. The molecular weight excluding hydrogens is 470 g/mol. The van der Waals surface area contributed by atoms with E-state index in [1.54, 1.807) is 11.1 Å². The van der Waals surface area contributed by atoms with E-state index >= 15 is 0 Å². The van der Waals surface area contributed by atoms with Gasteiger partial charge in [0.2, 0.25) is 0 Å². The monoisotopic (exact) mass is 484 g/mol. The number of alkyl halides is 1. The maximum Gasteiger partial charge on any atom is 0.0333 e. The van der Waals surface area contributed by atoms with Gasteiger partial charge in [-0.05, 0) is 69.4 Å². The number of fused-ring (bicyclic) bond motifs is 5. The van der Waals surface area contributed by atoms with E-state index in [0.29, 0.717) is 9.84 Å². The van der Waals surface area contributed by atoms with Gasteiger partial charge in [0, 0.05) is 13.4 Å². The number of halogens is 2. The van der Waals surface area contributed by atoms with Crippen molar-refractivity contribution in [1.29, 1.82) is 0 Å². The van der Waals surface area contributed by atoms with Crippen molar-refractivity contribution >= 4 is 56.3 Å². The number of hydrogen-bond acceptors (Lipinski definition) is 0. The van der Waals surface area contributed by atoms with Crippen LogP contribution < -0.4 is 0 Å². The number of hydrogen-bond donors (Lipinski definition) is 0. The Hall–Kier alpha value is -0.360. The van der Waals surface area contributed by atoms with Crippen molar-refractivity contribution in [1.82, 2.24) is 0 Å². The second kappa shape index (κ2) is 5.13. The molecule has 0 nitrogen and oxygen atoms in total. The van der Waals surface area contributed by atoms with E-state index in [0.717, 1.165) is 6.42 Å². The van der Waals surface area contributed by atoms with E-state index in [-0.39, 0.29) is 0 Å². The summed E-state index contributed by atoms with van der Waals surface area (Å²) >= 11 is 4.99. The quantitative estimate of drug-likeness (QED) is 0.316. The molecule has 0 bridgehead atoms. The summed E-state index contributed by atoms with van der Waals surface area (Å²) in [6.07, 6.45) is 11.8. The molecule has 1 aromatic carbocycles. The van der Waals surface area contributed by atoms with Crippen LogP contribution in [0.3, 0.4) is 0 Å². The molecule has 0 saturated carbocycles. The van der Waals surface area contributed by atoms with E-state index in [1.165, 1.54) is 26.7 Å². The summed E-state index contributed by atoms with van der Waals surface area (Å²) in [5.41, 5.74) is 7.57. The minimum Gasteiger partial charge on any atom is -0.0777 e. The Kier molecular flexibility index (Phi) is 3.41. The minimum absolute atomic E-state index is 0.568. The molecule has 0 amide bonds. The molecular formula is C18H14I2. The molecule has 0 fully saturated rings. The van der Waals surface area contributed by atoms with Crippen molar-refractivity contribution < 1.29 is 0 Å². The first kappa shape index (κ1) is 13.3. The topological polar surface area (TPSA) is 0 Å². The van der Waals surface area contributed by atoms with Crippen LogP contribution in [0, 0.1) is 5.92 Å². The van der Waals surface area contributed by atoms with Gasteiger partial charge in [-0.25, -0.2) is 0 Å². The third-order valence-electron chi connectivity index (χ3n) is 4.39. The van der Waals surface area contributed by atoms with Crippen molar-refractivity contribution in [2.75, 3.05) is 0 Å². The summed E-state index contributed by atoms with van der Waals surface area (Å²) in [7, 11) is 0. The smallest absolute Gasteiger partial charge is 0.0333 e. The first-order chi connectivity index (χ1) is 9.74. The van der Waals surface area contributed by atoms with Crippen LogP contribution in [-0.2, 0) is 0 Å². The van der Waals surface area contributed by atoms with Crippen LogP contribution in [0.15, 0.2) is 57.7 Å². The fourth-order valence-electron chi connectivity index (χ4n) is 3.50. The first-order valence-corrected chi connectivity index (χ1v) is 9.29. The fourth-order valence-corrected chi connectivity index (χ4v) is 4.74. The van der Waals surface area contributed by atoms with Gasteiger partial charge in [-0.2, -0.15) is 0 Å². The minimum atomic E-state index is 0.568. The molecule has 2 atom stereocenters. The maximum atomic E-state index is 2.55. The molecule has 2 heteroatoms. The van der Waals surface area contributed by atoms with Crippen molar-refractivity contribution in [3.63, 3.8) is 0 Å². The average Bonchev–Trinajstić information content (AvgIpc) is 2.47. The predicted molar refractivity (Wildman–Crippen MR) is 103 cm³/mol. The molecule has 20 heavy (non-hydrogen) atoms. The lowest BCUT2D eigenvalue weighted by Crippen LogP contribution is -2.19. The zero-order valence-electron chi connectivity index (χ0n) is 10.9. The summed E-state index contributed by atoms with van der Waals surface area (Å²) < 4.78 is 2.00. The van der Waals surface area contributed by atoms with Gasteiger partial charge >= 0.3 is 0 Å². The summed E-state index contributed by atoms with van der Waals surface area (Å²) in [5, 5.41) is 0. The first-order valence-electron chi connectivity index (χ1n) is 6.96. The molecule has 0 heterocycles. The predicted octanol–water partition coefficient (Wildman–Crippen LogP) is 5.94. The van der Waals surface area contributed by atoms with Gasteiger partial charge in [-0.15, -0.1) is 0 Å². The Balaban J connectivity index is 1.98. The van der Waals surface area contributed by atoms with Crippen LogP contribution in [-0.4, -0.2) is 3.92 Å². The van der Waals surface area contributed by atoms with Gasteiger partial charge in [0.1, 0.15) is 0 Å². The molecule has 0 N–H and O–H groups in total. The number of benzene rings is 1. The zero-order chi connectivity index (χ0) is 13.7. The van der Waals surface area contributed by atoms with E-state index < -0.39 is 0 Å². The van der Waals surface area contributed by atoms with Gasteiger partial charge in [0.15, 0.2) is 0 Å². The Morgan fingerprint density at radius 1 is 1.10 bits per heavy atom. The van der Waals surface area contributed by atoms with Gasteiger partial charge in [-0.1, -0.05) is 65.1 Å². The molecule has 0 radical (unpaired) electrons. The number of allylic oxidation sites excluding steroid dienone is 8. The van der Waals surface area contributed by atoms with Crippen molar-refractivity contribution in [2.45, 2.75) is 16.8 Å². The summed E-state index contributed by atoms with van der Waals surface area (Å²) in [5.74, 6) is 0.568. The van der Waals surface area contributed by atoms with E-state index in [9.17, 15) is 0 Å². The Morgan fingerprint density at radius 2 is 1.90 bits per heavy atom. The fraction of sp³-hybridized carbons (Fsp3) is 0.222. The Morgan fingerprint density at radius 3 is 2.75 bits per heavy atom. The lowest BCUT2D eigenvalue weighted by Gasteiger charge is -2.35. The van der Waals surface area contributed by atoms with Crippen LogP contribution in [0.2, 0.25) is 0 Å². The molecule has 0 spiro atoms. The van der Waals surface area contributed by atoms with Gasteiger partial charge < -0.3 is 0 Å². The van der Waals surface area contributed by atoms with Crippen LogP contribution in [0.4, 0.5) is 0 Å². The largest absolute Gasteiger partial charge is 0.0777 e. The Labute approximate surface area is 147 Å². The summed E-state index contributed by atoms with van der Waals surface area (Å²) in [6, 6.07) is 8.95. The van der Waals surface area contributed by atoms with Crippen LogP contribution in [0.1, 0.15) is 24.0 Å². The lowest BCUT2D eigenvalue weighted by atomic mass is 9.70. The van der Waals surface area contributed by atoms with Gasteiger partial charge in [0.25, 0.3) is 0 Å². The molecule has 100 valence electrons. The molecule has 4 rings (SSSR count). The zero-order valence-corrected chi connectivity index (χ0v) is 15.3. The van der Waals surface area contributed by atoms with Crippen molar-refractivity contribution in [3.05, 3.63) is 68.8 Å². The standard InChI is InChI=1S/C18H14I2/c19-11-5-7-15-16-8-6-12(20)10-18(16)14-4-2-1-3-13(14)17(15)9-11/h1-7,10-11,16H,8-9H2. The van der Waals surface area contributed by atoms with Crippen molar-refractivity contribution in [3.8, 4) is 0 Å². The SMILES string of the molecule is IC1=CCC2C(=C1)c1ccccc1C1=C2C=CC(I)C1. The second-order valence-corrected chi connectivity index (χ2v) is 8.38. The third-order valence-corrected chi connectivity index (χ3v) is 6.00. The number of rotatable bonds is 0. The normalized spacial score (nSPS) is 27.3. The highest BCUT2D eigenvalue weighted by atomic mass is 127. The van der Waals surface area contributed by atoms with E-state index in [2.05, 4.69) is 93.8 Å². The molecule has 2 unspecified atom stereocenters. The van der Waals surface area contributed by atoms with Crippen molar-refractivity contribution in [2.24, 2.45) is 5.92 Å². The van der Waals surface area contributed by atoms with Crippen LogP contribution >= 0.6 is 45.2 Å². The molecule has 0 aliphatic heterocycles. The molecule has 0 saturated heterocycles. The van der Waals surface area contributed by atoms with E-state index in [4.69, 9.17) is 0 Å². The lowest BCUT2D eigenvalue weighted by molar-refractivity contribution is 0.789. The maximum absolute atomic E-state index is 2.55. The molecule has 1 aromatic rings. The Bertz CT molecular complexity index is 704. The average molecular weight is 484 g/mol. The second-order valence-electron chi connectivity index (χ2n) is 5.54. The van der Waals surface area contributed by atoms with Crippen LogP contribution in [0.5, 0.6) is 0 Å². The van der Waals surface area contributed by atoms with Crippen LogP contribution in [0.25, 0.3) is 11.1 Å². The highest BCUT2D eigenvalue weighted by Crippen LogP contribution is 2.50. The van der Waals surface area contributed by atoms with E-state index in [1.807, 2.05) is 0 Å². The van der Waals surface area contributed by atoms with Gasteiger partial charge in [-0.3, -0.25) is 0 Å². The third kappa shape index (κ3) is 2.06. The van der Waals surface area contributed by atoms with Gasteiger partial charge in [0.05, 0.1) is 0 Å². The highest BCUT2D eigenvalue weighted by molar-refractivity contribution is 14.1.